The van der Waals surface area contributed by atoms with Gasteiger partial charge in [0, 0.05) is 20.1 Å². The molecule has 1 atom stereocenters. The number of carbonyl (C=O) groups is 1. The average Bonchev–Trinajstić information content (AvgIpc) is 2.04. The average molecular weight is 175 g/mol. The normalized spacial score (nSPS) is 12.6. The molecule has 72 valence electrons. The van der Waals surface area contributed by atoms with E-state index in [0.717, 1.165) is 0 Å². The Balaban J connectivity index is 3.24. The zero-order chi connectivity index (χ0) is 9.40. The van der Waals surface area contributed by atoms with Gasteiger partial charge in [-0.2, -0.15) is 0 Å². The third kappa shape index (κ3) is 6.12. The van der Waals surface area contributed by atoms with Crippen LogP contribution >= 0.6 is 0 Å². The van der Waals surface area contributed by atoms with Crippen molar-refractivity contribution >= 4 is 5.91 Å². The zero-order valence-electron chi connectivity index (χ0n) is 7.42. The van der Waals surface area contributed by atoms with Crippen LogP contribution in [0.25, 0.3) is 0 Å². The summed E-state index contributed by atoms with van der Waals surface area (Å²) in [5.74, 6) is -0.00815. The van der Waals surface area contributed by atoms with Gasteiger partial charge in [-0.25, -0.2) is 0 Å². The van der Waals surface area contributed by atoms with Gasteiger partial charge in [-0.1, -0.05) is 0 Å². The van der Waals surface area contributed by atoms with E-state index >= 15 is 0 Å². The second kappa shape index (κ2) is 7.06. The molecule has 1 unspecified atom stereocenters. The van der Waals surface area contributed by atoms with Gasteiger partial charge < -0.3 is 15.5 Å². The van der Waals surface area contributed by atoms with Gasteiger partial charge in [0.2, 0.25) is 5.91 Å². The number of hydrogen-bond acceptors (Lipinski definition) is 3. The molecule has 0 bridgehead atoms. The summed E-state index contributed by atoms with van der Waals surface area (Å²) in [7, 11) is 1.59. The predicted molar refractivity (Wildman–Crippen MR) is 45.6 cm³/mol. The summed E-state index contributed by atoms with van der Waals surface area (Å²) < 4.78 is 0. The van der Waals surface area contributed by atoms with Gasteiger partial charge in [-0.3, -0.25) is 4.79 Å². The van der Waals surface area contributed by atoms with Gasteiger partial charge in [-0.05, 0) is 19.3 Å². The van der Waals surface area contributed by atoms with Crippen molar-refractivity contribution in [2.24, 2.45) is 0 Å². The highest BCUT2D eigenvalue weighted by molar-refractivity contribution is 5.75. The lowest BCUT2D eigenvalue weighted by Crippen LogP contribution is -2.18. The SMILES string of the molecule is CNC(=O)CCCC(O)CCO. The first-order chi connectivity index (χ1) is 5.70. The lowest BCUT2D eigenvalue weighted by Gasteiger charge is -2.07. The molecular formula is C8H17NO3. The number of nitrogens with one attached hydrogen (secondary N) is 1. The molecule has 0 saturated carbocycles. The Bertz CT molecular complexity index is 127. The second-order valence-electron chi connectivity index (χ2n) is 2.73. The molecule has 3 N–H and O–H groups in total. The smallest absolute Gasteiger partial charge is 0.219 e. The van der Waals surface area contributed by atoms with E-state index in [-0.39, 0.29) is 12.5 Å². The summed E-state index contributed by atoms with van der Waals surface area (Å²) in [4.78, 5) is 10.7. The maximum Gasteiger partial charge on any atom is 0.219 e. The maximum absolute atomic E-state index is 10.7. The van der Waals surface area contributed by atoms with E-state index in [1.807, 2.05) is 0 Å². The zero-order valence-corrected chi connectivity index (χ0v) is 7.42. The standard InChI is InChI=1S/C8H17NO3/c1-9-8(12)4-2-3-7(11)5-6-10/h7,10-11H,2-6H2,1H3,(H,9,12). The van der Waals surface area contributed by atoms with E-state index in [9.17, 15) is 4.79 Å². The molecule has 0 aromatic carbocycles. The van der Waals surface area contributed by atoms with Crippen LogP contribution in [0.5, 0.6) is 0 Å². The van der Waals surface area contributed by atoms with E-state index in [0.29, 0.717) is 25.7 Å². The third-order valence-electron chi connectivity index (χ3n) is 1.68. The quantitative estimate of drug-likeness (QED) is 0.516. The van der Waals surface area contributed by atoms with Crippen LogP contribution in [0.4, 0.5) is 0 Å². The van der Waals surface area contributed by atoms with Crippen LogP contribution in [0.2, 0.25) is 0 Å². The molecule has 0 spiro atoms. The Morgan fingerprint density at radius 3 is 2.67 bits per heavy atom. The summed E-state index contributed by atoms with van der Waals surface area (Å²) >= 11 is 0. The molecule has 0 heterocycles. The molecule has 12 heavy (non-hydrogen) atoms. The van der Waals surface area contributed by atoms with Crippen molar-refractivity contribution in [1.82, 2.24) is 5.32 Å². The molecule has 0 aliphatic rings. The topological polar surface area (TPSA) is 69.6 Å². The number of carbonyl (C=O) groups excluding carboxylic acids is 1. The van der Waals surface area contributed by atoms with Crippen molar-refractivity contribution in [1.29, 1.82) is 0 Å². The Hall–Kier alpha value is -0.610. The van der Waals surface area contributed by atoms with E-state index in [1.54, 1.807) is 7.05 Å². The van der Waals surface area contributed by atoms with Crippen LogP contribution in [0.1, 0.15) is 25.7 Å². The van der Waals surface area contributed by atoms with E-state index in [4.69, 9.17) is 10.2 Å². The Kier molecular flexibility index (Phi) is 6.70. The first kappa shape index (κ1) is 11.4. The summed E-state index contributed by atoms with van der Waals surface area (Å²) in [5.41, 5.74) is 0. The van der Waals surface area contributed by atoms with Crippen molar-refractivity contribution in [3.63, 3.8) is 0 Å². The highest BCUT2D eigenvalue weighted by atomic mass is 16.3. The number of aliphatic hydroxyl groups excluding tert-OH is 2. The second-order valence-corrected chi connectivity index (χ2v) is 2.73. The molecule has 0 radical (unpaired) electrons. The molecular weight excluding hydrogens is 158 g/mol. The minimum absolute atomic E-state index is 0.00113. The number of hydrogen-bond donors (Lipinski definition) is 3. The molecule has 0 aliphatic heterocycles. The predicted octanol–water partition coefficient (Wildman–Crippen LogP) is -0.354. The van der Waals surface area contributed by atoms with Crippen molar-refractivity contribution in [3.8, 4) is 0 Å². The molecule has 0 aliphatic carbocycles. The fourth-order valence-electron chi connectivity index (χ4n) is 0.917. The summed E-state index contributed by atoms with van der Waals surface area (Å²) in [5, 5.41) is 20.1. The molecule has 1 amide bonds. The first-order valence-corrected chi connectivity index (χ1v) is 4.20. The number of amides is 1. The minimum Gasteiger partial charge on any atom is -0.396 e. The highest BCUT2D eigenvalue weighted by Gasteiger charge is 2.04. The Morgan fingerprint density at radius 2 is 2.17 bits per heavy atom. The molecule has 0 aromatic rings. The van der Waals surface area contributed by atoms with Gasteiger partial charge in [0.25, 0.3) is 0 Å². The van der Waals surface area contributed by atoms with Crippen LogP contribution in [0, 0.1) is 0 Å². The molecule has 0 saturated heterocycles. The van der Waals surface area contributed by atoms with Crippen molar-refractivity contribution in [2.45, 2.75) is 31.8 Å². The van der Waals surface area contributed by atoms with Crippen LogP contribution < -0.4 is 5.32 Å². The lowest BCUT2D eigenvalue weighted by molar-refractivity contribution is -0.120. The van der Waals surface area contributed by atoms with E-state index in [1.165, 1.54) is 0 Å². The van der Waals surface area contributed by atoms with Crippen molar-refractivity contribution in [3.05, 3.63) is 0 Å². The van der Waals surface area contributed by atoms with Gasteiger partial charge in [0.15, 0.2) is 0 Å². The van der Waals surface area contributed by atoms with Crippen LogP contribution in [-0.2, 0) is 4.79 Å². The minimum atomic E-state index is -0.473. The van der Waals surface area contributed by atoms with Crippen LogP contribution in [0.3, 0.4) is 0 Å². The first-order valence-electron chi connectivity index (χ1n) is 4.20. The number of aliphatic hydroxyl groups is 2. The van der Waals surface area contributed by atoms with E-state index in [2.05, 4.69) is 5.32 Å². The highest BCUT2D eigenvalue weighted by Crippen LogP contribution is 2.03. The summed E-state index contributed by atoms with van der Waals surface area (Å²) in [6.45, 7) is 0.00113. The summed E-state index contributed by atoms with van der Waals surface area (Å²) in [6.07, 6.45) is 1.61. The molecule has 0 aromatic heterocycles. The fraction of sp³-hybridized carbons (Fsp3) is 0.875. The van der Waals surface area contributed by atoms with Gasteiger partial charge in [0.1, 0.15) is 0 Å². The van der Waals surface area contributed by atoms with Crippen LogP contribution in [0.15, 0.2) is 0 Å². The van der Waals surface area contributed by atoms with Gasteiger partial charge >= 0.3 is 0 Å². The number of rotatable bonds is 6. The molecule has 0 fully saturated rings. The van der Waals surface area contributed by atoms with E-state index < -0.39 is 6.10 Å². The Labute approximate surface area is 72.6 Å². The monoisotopic (exact) mass is 175 g/mol. The van der Waals surface area contributed by atoms with Crippen molar-refractivity contribution in [2.75, 3.05) is 13.7 Å². The third-order valence-corrected chi connectivity index (χ3v) is 1.68. The van der Waals surface area contributed by atoms with Gasteiger partial charge in [0.05, 0.1) is 6.10 Å². The van der Waals surface area contributed by atoms with Crippen LogP contribution in [-0.4, -0.2) is 35.9 Å². The largest absolute Gasteiger partial charge is 0.396 e. The lowest BCUT2D eigenvalue weighted by atomic mass is 10.1. The fourth-order valence-corrected chi connectivity index (χ4v) is 0.917. The maximum atomic E-state index is 10.7. The Morgan fingerprint density at radius 1 is 1.50 bits per heavy atom. The molecule has 4 nitrogen and oxygen atoms in total. The van der Waals surface area contributed by atoms with Crippen molar-refractivity contribution < 1.29 is 15.0 Å². The molecule has 4 heteroatoms. The summed E-state index contributed by atoms with van der Waals surface area (Å²) in [6, 6.07) is 0. The van der Waals surface area contributed by atoms with Gasteiger partial charge in [-0.15, -0.1) is 0 Å². The molecule has 0 rings (SSSR count).